The molecule has 0 fully saturated rings. The lowest BCUT2D eigenvalue weighted by Crippen LogP contribution is -2.21. The second-order valence-corrected chi connectivity index (χ2v) is 7.86. The second kappa shape index (κ2) is 9.03. The van der Waals surface area contributed by atoms with Crippen molar-refractivity contribution in [1.82, 2.24) is 10.2 Å². The molecule has 0 radical (unpaired) electrons. The van der Waals surface area contributed by atoms with Crippen molar-refractivity contribution in [3.63, 3.8) is 0 Å². The van der Waals surface area contributed by atoms with Gasteiger partial charge in [0.25, 0.3) is 5.69 Å². The Morgan fingerprint density at radius 1 is 1.09 bits per heavy atom. The van der Waals surface area contributed by atoms with E-state index in [-0.39, 0.29) is 23.0 Å². The average Bonchev–Trinajstić information content (AvgIpc) is 3.30. The number of aromatic nitrogens is 2. The number of nitro groups is 1. The molecule has 0 aliphatic carbocycles. The zero-order valence-corrected chi connectivity index (χ0v) is 18.3. The van der Waals surface area contributed by atoms with Crippen molar-refractivity contribution in [2.24, 2.45) is 5.73 Å². The molecule has 172 valence electrons. The molecule has 0 saturated heterocycles. The molecule has 1 aliphatic rings. The summed E-state index contributed by atoms with van der Waals surface area (Å²) in [4.78, 5) is 11.3. The molecule has 4 aromatic rings. The van der Waals surface area contributed by atoms with E-state index in [1.165, 1.54) is 6.07 Å². The van der Waals surface area contributed by atoms with Crippen LogP contribution < -0.4 is 15.2 Å². The minimum Gasteiger partial charge on any atom is -0.489 e. The minimum atomic E-state index is -0.826. The van der Waals surface area contributed by atoms with E-state index in [4.69, 9.17) is 15.2 Å². The van der Waals surface area contributed by atoms with Crippen molar-refractivity contribution in [3.05, 3.63) is 117 Å². The maximum atomic E-state index is 11.8. The average molecular weight is 465 g/mol. The molecule has 1 aliphatic heterocycles. The van der Waals surface area contributed by atoms with E-state index in [2.05, 4.69) is 16.3 Å². The maximum Gasteiger partial charge on any atom is 0.273 e. The van der Waals surface area contributed by atoms with Gasteiger partial charge in [0.1, 0.15) is 24.0 Å². The summed E-state index contributed by atoms with van der Waals surface area (Å²) in [5, 5.41) is 28.8. The van der Waals surface area contributed by atoms with E-state index in [0.29, 0.717) is 29.2 Å². The third-order valence-electron chi connectivity index (χ3n) is 5.77. The molecule has 0 bridgehead atoms. The van der Waals surface area contributed by atoms with E-state index < -0.39 is 10.8 Å². The van der Waals surface area contributed by atoms with Crippen molar-refractivity contribution in [1.29, 1.82) is 5.26 Å². The number of nitrogens with zero attached hydrogens (tertiary/aromatic N) is 3. The summed E-state index contributed by atoms with van der Waals surface area (Å²) in [6, 6.07) is 25.5. The number of para-hydroxylation sites is 1. The molecule has 1 atom stereocenters. The molecule has 35 heavy (non-hydrogen) atoms. The van der Waals surface area contributed by atoms with Crippen molar-refractivity contribution in [2.45, 2.75) is 12.5 Å². The quantitative estimate of drug-likeness (QED) is 0.308. The van der Waals surface area contributed by atoms with Gasteiger partial charge < -0.3 is 15.2 Å². The van der Waals surface area contributed by atoms with Crippen LogP contribution in [-0.4, -0.2) is 15.1 Å². The number of ether oxygens (including phenoxy) is 2. The summed E-state index contributed by atoms with van der Waals surface area (Å²) in [6.07, 6.45) is 0. The van der Waals surface area contributed by atoms with Crippen LogP contribution in [0, 0.1) is 21.4 Å². The van der Waals surface area contributed by atoms with E-state index in [1.807, 2.05) is 54.6 Å². The number of fused-ring (bicyclic) bond motifs is 1. The Morgan fingerprint density at radius 3 is 2.51 bits per heavy atom. The van der Waals surface area contributed by atoms with Gasteiger partial charge in [-0.05, 0) is 29.8 Å². The minimum absolute atomic E-state index is 0.0808. The monoisotopic (exact) mass is 465 g/mol. The summed E-state index contributed by atoms with van der Waals surface area (Å²) in [5.74, 6) is -0.109. The maximum absolute atomic E-state index is 11.8. The molecule has 2 heterocycles. The molecule has 0 spiro atoms. The topological polar surface area (TPSA) is 140 Å². The normalized spacial score (nSPS) is 14.5. The lowest BCUT2D eigenvalue weighted by Gasteiger charge is -2.24. The Kier molecular flexibility index (Phi) is 5.61. The fourth-order valence-electron chi connectivity index (χ4n) is 4.13. The van der Waals surface area contributed by atoms with Gasteiger partial charge in [0, 0.05) is 17.2 Å². The lowest BCUT2D eigenvalue weighted by atomic mass is 9.82. The van der Waals surface area contributed by atoms with Gasteiger partial charge in [0.15, 0.2) is 0 Å². The van der Waals surface area contributed by atoms with Crippen LogP contribution in [0.15, 0.2) is 90.3 Å². The van der Waals surface area contributed by atoms with Gasteiger partial charge in [-0.2, -0.15) is 5.26 Å². The van der Waals surface area contributed by atoms with Crippen molar-refractivity contribution < 1.29 is 14.4 Å². The highest BCUT2D eigenvalue weighted by molar-refractivity contribution is 5.72. The summed E-state index contributed by atoms with van der Waals surface area (Å²) < 4.78 is 11.5. The molecular weight excluding hydrogens is 446 g/mol. The van der Waals surface area contributed by atoms with Crippen LogP contribution in [0.1, 0.15) is 22.6 Å². The zero-order chi connectivity index (χ0) is 24.4. The Morgan fingerprint density at radius 2 is 1.80 bits per heavy atom. The molecule has 0 amide bonds. The SMILES string of the molecule is N#CC1=C(N)Oc2n[nH]c(-c3ccc(OCc4ccccc4)cc3)c2[C@H]1c1ccccc1[N+](=O)[O-]. The number of aromatic amines is 1. The van der Waals surface area contributed by atoms with Crippen LogP contribution in [0.25, 0.3) is 11.3 Å². The standard InChI is InChI=1S/C26H19N5O4/c27-14-20-22(19-8-4-5-9-21(19)31(32)33)23-24(29-30-26(23)35-25(20)28)17-10-12-18(13-11-17)34-15-16-6-2-1-3-7-16/h1-13,22H,15,28H2,(H,29,30)/t22-/m0/s1. The van der Waals surface area contributed by atoms with Gasteiger partial charge in [0.2, 0.25) is 11.8 Å². The molecule has 3 N–H and O–H groups in total. The van der Waals surface area contributed by atoms with Crippen molar-refractivity contribution in [2.75, 3.05) is 0 Å². The first-order valence-electron chi connectivity index (χ1n) is 10.7. The molecule has 3 aromatic carbocycles. The largest absolute Gasteiger partial charge is 0.489 e. The Labute approximate surface area is 200 Å². The van der Waals surface area contributed by atoms with E-state index in [9.17, 15) is 15.4 Å². The number of H-pyrrole nitrogens is 1. The number of allylic oxidation sites excluding steroid dienone is 1. The first-order chi connectivity index (χ1) is 17.1. The third kappa shape index (κ3) is 4.05. The fraction of sp³-hybridized carbons (Fsp3) is 0.0769. The van der Waals surface area contributed by atoms with Gasteiger partial charge in [-0.25, -0.2) is 0 Å². The first kappa shape index (κ1) is 21.7. The number of rotatable bonds is 6. The Bertz CT molecular complexity index is 1470. The zero-order valence-electron chi connectivity index (χ0n) is 18.3. The predicted octanol–water partition coefficient (Wildman–Crippen LogP) is 4.78. The lowest BCUT2D eigenvalue weighted by molar-refractivity contribution is -0.385. The highest BCUT2D eigenvalue weighted by atomic mass is 16.6. The Hall–Kier alpha value is -5.10. The fourth-order valence-corrected chi connectivity index (χ4v) is 4.13. The highest BCUT2D eigenvalue weighted by Gasteiger charge is 2.38. The number of hydrogen-bond donors (Lipinski definition) is 2. The summed E-state index contributed by atoms with van der Waals surface area (Å²) >= 11 is 0. The predicted molar refractivity (Wildman–Crippen MR) is 127 cm³/mol. The number of nitrogens with one attached hydrogen (secondary N) is 1. The van der Waals surface area contributed by atoms with Crippen LogP contribution in [0.3, 0.4) is 0 Å². The van der Waals surface area contributed by atoms with Gasteiger partial charge in [-0.1, -0.05) is 48.5 Å². The summed E-state index contributed by atoms with van der Waals surface area (Å²) in [6.45, 7) is 0.433. The van der Waals surface area contributed by atoms with E-state index >= 15 is 0 Å². The smallest absolute Gasteiger partial charge is 0.273 e. The summed E-state index contributed by atoms with van der Waals surface area (Å²) in [7, 11) is 0. The van der Waals surface area contributed by atoms with Gasteiger partial charge >= 0.3 is 0 Å². The van der Waals surface area contributed by atoms with Crippen LogP contribution in [0.4, 0.5) is 5.69 Å². The molecule has 5 rings (SSSR count). The number of nitriles is 1. The van der Waals surface area contributed by atoms with Crippen molar-refractivity contribution >= 4 is 5.69 Å². The third-order valence-corrected chi connectivity index (χ3v) is 5.77. The van der Waals surface area contributed by atoms with Crippen LogP contribution in [0.2, 0.25) is 0 Å². The molecule has 0 saturated carbocycles. The summed E-state index contributed by atoms with van der Waals surface area (Å²) in [5.41, 5.74) is 9.16. The molecule has 9 nitrogen and oxygen atoms in total. The number of nitro benzene ring substituents is 1. The molecule has 9 heteroatoms. The second-order valence-electron chi connectivity index (χ2n) is 7.86. The molecular formula is C26H19N5O4. The van der Waals surface area contributed by atoms with Gasteiger partial charge in [-0.3, -0.25) is 15.2 Å². The van der Waals surface area contributed by atoms with Gasteiger partial charge in [0.05, 0.1) is 22.1 Å². The van der Waals surface area contributed by atoms with E-state index in [1.54, 1.807) is 18.2 Å². The van der Waals surface area contributed by atoms with Crippen molar-refractivity contribution in [3.8, 4) is 29.0 Å². The van der Waals surface area contributed by atoms with Crippen LogP contribution in [-0.2, 0) is 6.61 Å². The van der Waals surface area contributed by atoms with Gasteiger partial charge in [-0.15, -0.1) is 5.10 Å². The molecule has 1 aromatic heterocycles. The highest BCUT2D eigenvalue weighted by Crippen LogP contribution is 2.47. The number of benzene rings is 3. The Balaban J connectivity index is 1.53. The van der Waals surface area contributed by atoms with Crippen LogP contribution >= 0.6 is 0 Å². The number of hydrogen-bond acceptors (Lipinski definition) is 7. The molecule has 0 unspecified atom stereocenters. The first-order valence-corrected chi connectivity index (χ1v) is 10.7. The van der Waals surface area contributed by atoms with E-state index in [0.717, 1.165) is 11.1 Å². The number of nitrogens with two attached hydrogens (primary N) is 1. The van der Waals surface area contributed by atoms with Crippen LogP contribution in [0.5, 0.6) is 11.6 Å².